The van der Waals surface area contributed by atoms with Gasteiger partial charge in [0.15, 0.2) is 0 Å². The molecule has 0 radical (unpaired) electrons. The number of anilines is 2. The Hall–Kier alpha value is -1.28. The number of phenols is 1. The number of aromatic hydroxyl groups is 1. The van der Waals surface area contributed by atoms with Crippen molar-refractivity contribution in [3.05, 3.63) is 38.1 Å². The van der Waals surface area contributed by atoms with Gasteiger partial charge in [-0.05, 0) is 40.8 Å². The molecule has 0 atom stereocenters. The molecule has 0 saturated heterocycles. The maximum atomic E-state index is 11.8. The van der Waals surface area contributed by atoms with E-state index in [2.05, 4.69) is 27.9 Å². The van der Waals surface area contributed by atoms with E-state index >= 15 is 0 Å². The molecule has 4 N–H and O–H groups in total. The molecule has 4 nitrogen and oxygen atoms in total. The van der Waals surface area contributed by atoms with Crippen LogP contribution in [0.15, 0.2) is 29.6 Å². The van der Waals surface area contributed by atoms with Gasteiger partial charge < -0.3 is 16.2 Å². The van der Waals surface area contributed by atoms with Gasteiger partial charge in [-0.1, -0.05) is 0 Å². The molecule has 1 aromatic heterocycles. The molecule has 88 valence electrons. The van der Waals surface area contributed by atoms with Gasteiger partial charge in [-0.3, -0.25) is 4.79 Å². The minimum atomic E-state index is -0.207. The van der Waals surface area contributed by atoms with Crippen molar-refractivity contribution < 1.29 is 9.90 Å². The molecule has 6 heteroatoms. The second kappa shape index (κ2) is 4.92. The molecule has 0 bridgehead atoms. The Morgan fingerprint density at radius 1 is 1.41 bits per heavy atom. The second-order valence-electron chi connectivity index (χ2n) is 3.37. The zero-order chi connectivity index (χ0) is 12.4. The van der Waals surface area contributed by atoms with E-state index < -0.39 is 0 Å². The van der Waals surface area contributed by atoms with Crippen molar-refractivity contribution in [2.24, 2.45) is 0 Å². The summed E-state index contributed by atoms with van der Waals surface area (Å²) in [6.45, 7) is 0. The molecule has 0 fully saturated rings. The van der Waals surface area contributed by atoms with Crippen molar-refractivity contribution in [1.82, 2.24) is 0 Å². The van der Waals surface area contributed by atoms with E-state index in [1.54, 1.807) is 17.5 Å². The number of thiophene rings is 1. The highest BCUT2D eigenvalue weighted by atomic mass is 127. The Balaban J connectivity index is 2.18. The maximum Gasteiger partial charge on any atom is 0.256 e. The lowest BCUT2D eigenvalue weighted by Crippen LogP contribution is -2.12. The third-order valence-corrected chi connectivity index (χ3v) is 3.90. The number of carbonyl (C=O) groups excluding carboxylic acids is 1. The first kappa shape index (κ1) is 12.2. The van der Waals surface area contributed by atoms with Crippen molar-refractivity contribution in [3.63, 3.8) is 0 Å². The SMILES string of the molecule is Nc1cc(O)ccc1NC(=O)c1csc(I)c1. The molecular weight excluding hydrogens is 351 g/mol. The van der Waals surface area contributed by atoms with Crippen LogP contribution in [0.4, 0.5) is 11.4 Å². The summed E-state index contributed by atoms with van der Waals surface area (Å²) >= 11 is 3.66. The zero-order valence-electron chi connectivity index (χ0n) is 8.61. The molecule has 2 rings (SSSR count). The summed E-state index contributed by atoms with van der Waals surface area (Å²) in [5, 5.41) is 13.7. The summed E-state index contributed by atoms with van der Waals surface area (Å²) in [5.41, 5.74) is 7.11. The summed E-state index contributed by atoms with van der Waals surface area (Å²) < 4.78 is 1.05. The number of hydrogen-bond acceptors (Lipinski definition) is 4. The Morgan fingerprint density at radius 3 is 2.76 bits per heavy atom. The number of rotatable bonds is 2. The van der Waals surface area contributed by atoms with Gasteiger partial charge in [-0.15, -0.1) is 11.3 Å². The third-order valence-electron chi connectivity index (χ3n) is 2.11. The molecule has 0 aliphatic carbocycles. The first-order valence-corrected chi connectivity index (χ1v) is 6.66. The highest BCUT2D eigenvalue weighted by molar-refractivity contribution is 14.1. The number of nitrogens with two attached hydrogens (primary N) is 1. The number of phenolic OH excluding ortho intramolecular Hbond substituents is 1. The van der Waals surface area contributed by atoms with Crippen LogP contribution in [0.3, 0.4) is 0 Å². The summed E-state index contributed by atoms with van der Waals surface area (Å²) in [6, 6.07) is 6.24. The average molecular weight is 360 g/mol. The fourth-order valence-electron chi connectivity index (χ4n) is 1.29. The maximum absolute atomic E-state index is 11.8. The van der Waals surface area contributed by atoms with Gasteiger partial charge in [0.2, 0.25) is 0 Å². The van der Waals surface area contributed by atoms with E-state index in [-0.39, 0.29) is 11.7 Å². The van der Waals surface area contributed by atoms with E-state index in [4.69, 9.17) is 5.73 Å². The van der Waals surface area contributed by atoms with Gasteiger partial charge in [0.1, 0.15) is 5.75 Å². The van der Waals surface area contributed by atoms with Gasteiger partial charge >= 0.3 is 0 Å². The van der Waals surface area contributed by atoms with Crippen molar-refractivity contribution in [3.8, 4) is 5.75 Å². The number of carbonyl (C=O) groups is 1. The predicted octanol–water partition coefficient (Wildman–Crippen LogP) is 2.89. The Labute approximate surface area is 116 Å². The molecule has 1 amide bonds. The van der Waals surface area contributed by atoms with Crippen LogP contribution >= 0.6 is 33.9 Å². The largest absolute Gasteiger partial charge is 0.508 e. The van der Waals surface area contributed by atoms with Crippen LogP contribution in [-0.2, 0) is 0 Å². The highest BCUT2D eigenvalue weighted by Gasteiger charge is 2.10. The molecular formula is C11H9IN2O2S. The first-order chi connectivity index (χ1) is 8.06. The summed E-state index contributed by atoms with van der Waals surface area (Å²) in [6.07, 6.45) is 0. The minimum absolute atomic E-state index is 0.0746. The Bertz CT molecular complexity index is 568. The van der Waals surface area contributed by atoms with Gasteiger partial charge in [-0.2, -0.15) is 0 Å². The fourth-order valence-corrected chi connectivity index (χ4v) is 2.61. The molecule has 0 aliphatic rings. The number of nitrogen functional groups attached to an aromatic ring is 1. The Kier molecular flexibility index (Phi) is 3.53. The number of halogens is 1. The van der Waals surface area contributed by atoms with Crippen molar-refractivity contribution in [2.45, 2.75) is 0 Å². The lowest BCUT2D eigenvalue weighted by Gasteiger charge is -2.07. The highest BCUT2D eigenvalue weighted by Crippen LogP contribution is 2.24. The average Bonchev–Trinajstić information content (AvgIpc) is 2.69. The zero-order valence-corrected chi connectivity index (χ0v) is 11.6. The number of nitrogens with one attached hydrogen (secondary N) is 1. The fraction of sp³-hybridized carbons (Fsp3) is 0. The van der Waals surface area contributed by atoms with Crippen molar-refractivity contribution >= 4 is 51.2 Å². The normalized spacial score (nSPS) is 10.2. The lowest BCUT2D eigenvalue weighted by molar-refractivity contribution is 0.102. The monoisotopic (exact) mass is 360 g/mol. The van der Waals surface area contributed by atoms with E-state index in [1.807, 2.05) is 0 Å². The quantitative estimate of drug-likeness (QED) is 0.438. The van der Waals surface area contributed by atoms with Crippen LogP contribution < -0.4 is 11.1 Å². The molecule has 0 spiro atoms. The molecule has 0 saturated carbocycles. The van der Waals surface area contributed by atoms with Crippen LogP contribution in [0.2, 0.25) is 0 Å². The predicted molar refractivity (Wildman–Crippen MR) is 77.5 cm³/mol. The van der Waals surface area contributed by atoms with Gasteiger partial charge in [0, 0.05) is 11.4 Å². The summed E-state index contributed by atoms with van der Waals surface area (Å²) in [7, 11) is 0. The smallest absolute Gasteiger partial charge is 0.256 e. The van der Waals surface area contributed by atoms with Crippen LogP contribution in [0.25, 0.3) is 0 Å². The Morgan fingerprint density at radius 2 is 2.18 bits per heavy atom. The third kappa shape index (κ3) is 2.89. The van der Waals surface area contributed by atoms with Crippen LogP contribution in [0.1, 0.15) is 10.4 Å². The van der Waals surface area contributed by atoms with E-state index in [0.717, 1.165) is 2.88 Å². The van der Waals surface area contributed by atoms with E-state index in [0.29, 0.717) is 16.9 Å². The van der Waals surface area contributed by atoms with Crippen LogP contribution in [0, 0.1) is 2.88 Å². The molecule has 1 aromatic carbocycles. The van der Waals surface area contributed by atoms with Crippen molar-refractivity contribution in [1.29, 1.82) is 0 Å². The topological polar surface area (TPSA) is 75.3 Å². The van der Waals surface area contributed by atoms with E-state index in [1.165, 1.54) is 23.5 Å². The standard InChI is InChI=1S/C11H9IN2O2S/c12-10-3-6(5-17-10)11(16)14-9-2-1-7(15)4-8(9)13/h1-5,15H,13H2,(H,14,16). The lowest BCUT2D eigenvalue weighted by atomic mass is 10.2. The first-order valence-electron chi connectivity index (χ1n) is 4.70. The van der Waals surface area contributed by atoms with Crippen LogP contribution in [-0.4, -0.2) is 11.0 Å². The molecule has 0 aliphatic heterocycles. The van der Waals surface area contributed by atoms with Gasteiger partial charge in [0.05, 0.1) is 19.8 Å². The minimum Gasteiger partial charge on any atom is -0.508 e. The molecule has 1 heterocycles. The van der Waals surface area contributed by atoms with Crippen LogP contribution in [0.5, 0.6) is 5.75 Å². The number of hydrogen-bond donors (Lipinski definition) is 3. The summed E-state index contributed by atoms with van der Waals surface area (Å²) in [5.74, 6) is -0.132. The molecule has 17 heavy (non-hydrogen) atoms. The second-order valence-corrected chi connectivity index (χ2v) is 6.17. The van der Waals surface area contributed by atoms with Gasteiger partial charge in [-0.25, -0.2) is 0 Å². The number of amides is 1. The molecule has 2 aromatic rings. The summed E-state index contributed by atoms with van der Waals surface area (Å²) in [4.78, 5) is 11.8. The molecule has 0 unspecified atom stereocenters. The van der Waals surface area contributed by atoms with E-state index in [9.17, 15) is 9.90 Å². The number of benzene rings is 1. The van der Waals surface area contributed by atoms with Crippen molar-refractivity contribution in [2.75, 3.05) is 11.1 Å². The van der Waals surface area contributed by atoms with Gasteiger partial charge in [0.25, 0.3) is 5.91 Å².